The van der Waals surface area contributed by atoms with Crippen LogP contribution in [0.15, 0.2) is 33.9 Å². The lowest BCUT2D eigenvalue weighted by molar-refractivity contribution is -0.113. The molecule has 0 aliphatic carbocycles. The fourth-order valence-electron chi connectivity index (χ4n) is 2.37. The Hall–Kier alpha value is -1.99. The molecule has 0 aliphatic heterocycles. The third kappa shape index (κ3) is 3.73. The largest absolute Gasteiger partial charge is 0.360 e. The summed E-state index contributed by atoms with van der Waals surface area (Å²) in [7, 11) is 0. The highest BCUT2D eigenvalue weighted by molar-refractivity contribution is 7.99. The first-order chi connectivity index (χ1) is 11.6. The maximum Gasteiger partial charge on any atom is 0.236 e. The highest BCUT2D eigenvalue weighted by atomic mass is 35.5. The topological polar surface area (TPSA) is 73.0 Å². The number of amides is 1. The molecule has 2 aromatic heterocycles. The first kappa shape index (κ1) is 16.9. The zero-order valence-electron chi connectivity index (χ0n) is 13.4. The average molecular weight is 365 g/mol. The Morgan fingerprint density at radius 3 is 2.96 bits per heavy atom. The zero-order valence-corrected chi connectivity index (χ0v) is 14.9. The predicted octanol–water partition coefficient (Wildman–Crippen LogP) is 4.13. The summed E-state index contributed by atoms with van der Waals surface area (Å²) in [5.41, 5.74) is 1.86. The van der Waals surface area contributed by atoms with E-state index < -0.39 is 0 Å². The minimum absolute atomic E-state index is 0.151. The number of aryl methyl sites for hydroxylation is 2. The quantitative estimate of drug-likeness (QED) is 0.666. The van der Waals surface area contributed by atoms with E-state index in [9.17, 15) is 4.79 Å². The first-order valence-corrected chi connectivity index (χ1v) is 8.95. The molecule has 1 N–H and O–H groups in total. The monoisotopic (exact) mass is 364 g/mol. The van der Waals surface area contributed by atoms with Crippen molar-refractivity contribution in [1.82, 2.24) is 14.7 Å². The van der Waals surface area contributed by atoms with Crippen molar-refractivity contribution in [3.63, 3.8) is 0 Å². The van der Waals surface area contributed by atoms with Crippen LogP contribution < -0.4 is 5.32 Å². The maximum absolute atomic E-state index is 12.1. The molecular weight excluding hydrogens is 348 g/mol. The lowest BCUT2D eigenvalue weighted by atomic mass is 10.3. The summed E-state index contributed by atoms with van der Waals surface area (Å²) in [6.07, 6.45) is 0.978. The molecule has 3 rings (SSSR count). The Bertz CT molecular complexity index is 874. The van der Waals surface area contributed by atoms with E-state index in [0.717, 1.165) is 29.2 Å². The van der Waals surface area contributed by atoms with Gasteiger partial charge in [-0.2, -0.15) is 0 Å². The van der Waals surface area contributed by atoms with Crippen molar-refractivity contribution >= 4 is 46.1 Å². The van der Waals surface area contributed by atoms with Crippen LogP contribution in [0.2, 0.25) is 5.02 Å². The van der Waals surface area contributed by atoms with Crippen molar-refractivity contribution < 1.29 is 9.32 Å². The van der Waals surface area contributed by atoms with Crippen LogP contribution >= 0.6 is 23.4 Å². The second-order valence-corrected chi connectivity index (χ2v) is 6.72. The van der Waals surface area contributed by atoms with Gasteiger partial charge in [0.1, 0.15) is 5.76 Å². The number of hydrogen-bond donors (Lipinski definition) is 1. The van der Waals surface area contributed by atoms with Gasteiger partial charge >= 0.3 is 0 Å². The Balaban J connectivity index is 1.74. The second-order valence-electron chi connectivity index (χ2n) is 5.34. The molecular formula is C16H17ClN4O2S. The van der Waals surface area contributed by atoms with Crippen LogP contribution in [0.25, 0.3) is 11.0 Å². The number of fused-ring (bicyclic) bond motifs is 1. The van der Waals surface area contributed by atoms with Crippen molar-refractivity contribution in [3.8, 4) is 0 Å². The van der Waals surface area contributed by atoms with Crippen molar-refractivity contribution in [1.29, 1.82) is 0 Å². The highest BCUT2D eigenvalue weighted by Gasteiger charge is 2.14. The van der Waals surface area contributed by atoms with Gasteiger partial charge in [-0.25, -0.2) is 4.98 Å². The summed E-state index contributed by atoms with van der Waals surface area (Å²) < 4.78 is 7.04. The van der Waals surface area contributed by atoms with Crippen molar-refractivity contribution in [3.05, 3.63) is 35.0 Å². The van der Waals surface area contributed by atoms with Gasteiger partial charge in [0, 0.05) is 17.6 Å². The van der Waals surface area contributed by atoms with Gasteiger partial charge in [-0.15, -0.1) is 0 Å². The van der Waals surface area contributed by atoms with Crippen molar-refractivity contribution in [2.45, 2.75) is 32.0 Å². The maximum atomic E-state index is 12.1. The van der Waals surface area contributed by atoms with E-state index in [1.54, 1.807) is 13.0 Å². The third-order valence-corrected chi connectivity index (χ3v) is 4.56. The number of nitrogens with zero attached hydrogens (tertiary/aromatic N) is 3. The molecule has 24 heavy (non-hydrogen) atoms. The predicted molar refractivity (Wildman–Crippen MR) is 95.6 cm³/mol. The fraction of sp³-hybridized carbons (Fsp3) is 0.312. The van der Waals surface area contributed by atoms with Crippen LogP contribution in [-0.4, -0.2) is 26.4 Å². The van der Waals surface area contributed by atoms with Crippen molar-refractivity contribution in [2.24, 2.45) is 0 Å². The number of anilines is 1. The number of hydrogen-bond acceptors (Lipinski definition) is 5. The van der Waals surface area contributed by atoms with Gasteiger partial charge in [-0.1, -0.05) is 35.4 Å². The lowest BCUT2D eigenvalue weighted by Crippen LogP contribution is -2.14. The smallest absolute Gasteiger partial charge is 0.236 e. The molecule has 0 saturated carbocycles. The number of carbonyl (C=O) groups excluding carboxylic acids is 1. The number of thioether (sulfide) groups is 1. The van der Waals surface area contributed by atoms with Crippen LogP contribution in [0.4, 0.5) is 5.82 Å². The first-order valence-electron chi connectivity index (χ1n) is 7.58. The number of carbonyl (C=O) groups is 1. The van der Waals surface area contributed by atoms with Gasteiger partial charge in [0.25, 0.3) is 0 Å². The van der Waals surface area contributed by atoms with E-state index in [1.807, 2.05) is 18.2 Å². The molecule has 0 fully saturated rings. The standard InChI is InChI=1S/C16H17ClN4O2S/c1-3-6-21-13-5-4-11(17)8-12(13)18-16(21)24-9-15(22)19-14-7-10(2)23-20-14/h4-5,7-8H,3,6,9H2,1-2H3,(H,19,20,22). The van der Waals surface area contributed by atoms with Gasteiger partial charge in [0.2, 0.25) is 5.91 Å². The van der Waals surface area contributed by atoms with E-state index in [4.69, 9.17) is 16.1 Å². The summed E-state index contributed by atoms with van der Waals surface area (Å²) in [4.78, 5) is 16.7. The Kier molecular flexibility index (Phi) is 5.11. The summed E-state index contributed by atoms with van der Waals surface area (Å²) in [6, 6.07) is 7.33. The van der Waals surface area contributed by atoms with Gasteiger partial charge < -0.3 is 14.4 Å². The van der Waals surface area contributed by atoms with Gasteiger partial charge in [-0.05, 0) is 31.5 Å². The molecule has 2 heterocycles. The molecule has 1 aromatic carbocycles. The van der Waals surface area contributed by atoms with Gasteiger partial charge in [-0.3, -0.25) is 4.79 Å². The van der Waals surface area contributed by atoms with Crippen LogP contribution in [0, 0.1) is 6.92 Å². The molecule has 3 aromatic rings. The van der Waals surface area contributed by atoms with E-state index in [1.165, 1.54) is 11.8 Å². The fourth-order valence-corrected chi connectivity index (χ4v) is 3.37. The molecule has 6 nitrogen and oxygen atoms in total. The number of nitrogens with one attached hydrogen (secondary N) is 1. The minimum Gasteiger partial charge on any atom is -0.360 e. The number of halogens is 1. The van der Waals surface area contributed by atoms with E-state index >= 15 is 0 Å². The van der Waals surface area contributed by atoms with Crippen LogP contribution in [-0.2, 0) is 11.3 Å². The average Bonchev–Trinajstić information content (AvgIpc) is 3.09. The third-order valence-electron chi connectivity index (χ3n) is 3.35. The SMILES string of the molecule is CCCn1c(SCC(=O)Nc2cc(C)on2)nc2cc(Cl)ccc21. The van der Waals surface area contributed by atoms with E-state index in [2.05, 4.69) is 26.9 Å². The number of rotatable bonds is 6. The summed E-state index contributed by atoms with van der Waals surface area (Å²) in [5, 5.41) is 7.91. The normalized spacial score (nSPS) is 11.1. The van der Waals surface area contributed by atoms with Crippen LogP contribution in [0.3, 0.4) is 0 Å². The molecule has 0 radical (unpaired) electrons. The van der Waals surface area contributed by atoms with E-state index in [0.29, 0.717) is 16.6 Å². The Labute approximate surface area is 148 Å². The van der Waals surface area contributed by atoms with Gasteiger partial charge in [0.05, 0.1) is 16.8 Å². The minimum atomic E-state index is -0.151. The molecule has 0 aliphatic rings. The number of imidazole rings is 1. The van der Waals surface area contributed by atoms with Crippen LogP contribution in [0.5, 0.6) is 0 Å². The van der Waals surface area contributed by atoms with Gasteiger partial charge in [0.15, 0.2) is 11.0 Å². The summed E-state index contributed by atoms with van der Waals surface area (Å²) in [5.74, 6) is 1.17. The zero-order chi connectivity index (χ0) is 17.1. The molecule has 0 saturated heterocycles. The Morgan fingerprint density at radius 2 is 2.25 bits per heavy atom. The van der Waals surface area contributed by atoms with Crippen molar-refractivity contribution in [2.75, 3.05) is 11.1 Å². The summed E-state index contributed by atoms with van der Waals surface area (Å²) in [6.45, 7) is 4.72. The molecule has 1 amide bonds. The second kappa shape index (κ2) is 7.27. The van der Waals surface area contributed by atoms with Crippen LogP contribution in [0.1, 0.15) is 19.1 Å². The summed E-state index contributed by atoms with van der Waals surface area (Å²) >= 11 is 7.43. The lowest BCUT2D eigenvalue weighted by Gasteiger charge is -2.07. The Morgan fingerprint density at radius 1 is 1.42 bits per heavy atom. The number of aromatic nitrogens is 3. The molecule has 8 heteroatoms. The highest BCUT2D eigenvalue weighted by Crippen LogP contribution is 2.26. The molecule has 0 spiro atoms. The molecule has 0 unspecified atom stereocenters. The molecule has 126 valence electrons. The molecule has 0 atom stereocenters. The van der Waals surface area contributed by atoms with E-state index in [-0.39, 0.29) is 11.7 Å². The number of benzene rings is 1. The molecule has 0 bridgehead atoms.